The van der Waals surface area contributed by atoms with E-state index in [1.54, 1.807) is 0 Å². The van der Waals surface area contributed by atoms with Crippen molar-refractivity contribution in [2.75, 3.05) is 51.3 Å². The number of nitrogens with zero attached hydrogens (tertiary/aromatic N) is 3. The number of carbonyl (C=O) groups excluding carboxylic acids is 1. The Balaban J connectivity index is 0.00000196. The number of aliphatic imine (C=N–C) groups is 1. The third kappa shape index (κ3) is 3.69. The maximum absolute atomic E-state index is 12.2. The molecule has 1 spiro atoms. The number of likely N-dealkylation sites (tertiary alicyclic amines) is 1. The maximum atomic E-state index is 12.2. The zero-order valence-corrected chi connectivity index (χ0v) is 17.6. The molecule has 2 saturated heterocycles. The van der Waals surface area contributed by atoms with Crippen molar-refractivity contribution in [3.8, 4) is 0 Å². The van der Waals surface area contributed by atoms with E-state index in [4.69, 9.17) is 4.74 Å². The van der Waals surface area contributed by atoms with Crippen LogP contribution in [0.15, 0.2) is 29.3 Å². The fraction of sp³-hybridized carbons (Fsp3) is 0.579. The minimum Gasteiger partial charge on any atom is -0.381 e. The van der Waals surface area contributed by atoms with Crippen LogP contribution in [0.5, 0.6) is 0 Å². The molecule has 0 aliphatic carbocycles. The van der Waals surface area contributed by atoms with E-state index >= 15 is 0 Å². The Bertz CT molecular complexity index is 688. The first-order chi connectivity index (χ1) is 12.2. The Morgan fingerprint density at radius 2 is 2.19 bits per heavy atom. The molecule has 7 heteroatoms. The van der Waals surface area contributed by atoms with Crippen LogP contribution in [0, 0.1) is 5.41 Å². The number of carbonyl (C=O) groups is 1. The second-order valence-corrected chi connectivity index (χ2v) is 7.30. The normalized spacial score (nSPS) is 25.0. The molecule has 0 saturated carbocycles. The van der Waals surface area contributed by atoms with Gasteiger partial charge in [0.15, 0.2) is 5.96 Å². The van der Waals surface area contributed by atoms with E-state index in [1.165, 1.54) is 6.42 Å². The second kappa shape index (κ2) is 8.12. The molecular weight excluding hydrogens is 443 g/mol. The van der Waals surface area contributed by atoms with Gasteiger partial charge in [-0.1, -0.05) is 18.2 Å². The lowest BCUT2D eigenvalue weighted by atomic mass is 9.87. The monoisotopic (exact) mass is 470 g/mol. The summed E-state index contributed by atoms with van der Waals surface area (Å²) in [4.78, 5) is 20.9. The highest BCUT2D eigenvalue weighted by Crippen LogP contribution is 2.38. The van der Waals surface area contributed by atoms with E-state index < -0.39 is 0 Å². The number of hydrogen-bond acceptors (Lipinski definition) is 3. The van der Waals surface area contributed by atoms with Crippen molar-refractivity contribution >= 4 is 41.5 Å². The lowest BCUT2D eigenvalue weighted by Crippen LogP contribution is -2.44. The molecule has 26 heavy (non-hydrogen) atoms. The van der Waals surface area contributed by atoms with Crippen LogP contribution in [0.2, 0.25) is 0 Å². The molecule has 1 amide bonds. The predicted molar refractivity (Wildman–Crippen MR) is 113 cm³/mol. The highest BCUT2D eigenvalue weighted by Gasteiger charge is 2.42. The number of nitrogens with one attached hydrogen (secondary N) is 1. The van der Waals surface area contributed by atoms with Gasteiger partial charge in [0, 0.05) is 50.9 Å². The lowest BCUT2D eigenvalue weighted by molar-refractivity contribution is -0.117. The number of anilines is 1. The zero-order valence-electron chi connectivity index (χ0n) is 15.2. The summed E-state index contributed by atoms with van der Waals surface area (Å²) in [6, 6.07) is 8.04. The molecule has 1 atom stereocenters. The summed E-state index contributed by atoms with van der Waals surface area (Å²) in [7, 11) is 1.83. The molecule has 3 aliphatic rings. The first kappa shape index (κ1) is 19.4. The smallest absolute Gasteiger partial charge is 0.231 e. The molecule has 6 nitrogen and oxygen atoms in total. The summed E-state index contributed by atoms with van der Waals surface area (Å²) >= 11 is 0. The molecule has 1 aromatic rings. The van der Waals surface area contributed by atoms with Crippen molar-refractivity contribution in [1.29, 1.82) is 0 Å². The Hall–Kier alpha value is -1.35. The molecule has 0 aromatic heterocycles. The Morgan fingerprint density at radius 1 is 1.35 bits per heavy atom. The van der Waals surface area contributed by atoms with Crippen molar-refractivity contribution in [2.45, 2.75) is 19.3 Å². The van der Waals surface area contributed by atoms with E-state index in [-0.39, 0.29) is 29.9 Å². The van der Waals surface area contributed by atoms with Gasteiger partial charge in [-0.25, -0.2) is 0 Å². The summed E-state index contributed by atoms with van der Waals surface area (Å²) in [6.45, 7) is 5.16. The van der Waals surface area contributed by atoms with Crippen LogP contribution in [-0.4, -0.2) is 63.2 Å². The van der Waals surface area contributed by atoms with Gasteiger partial charge in [0.2, 0.25) is 5.91 Å². The molecule has 0 bridgehead atoms. The Morgan fingerprint density at radius 3 is 2.96 bits per heavy atom. The highest BCUT2D eigenvalue weighted by atomic mass is 127. The molecule has 1 aromatic carbocycles. The zero-order chi connectivity index (χ0) is 17.3. The van der Waals surface area contributed by atoms with Gasteiger partial charge in [-0.3, -0.25) is 9.79 Å². The summed E-state index contributed by atoms with van der Waals surface area (Å²) < 4.78 is 5.61. The van der Waals surface area contributed by atoms with Crippen molar-refractivity contribution in [1.82, 2.24) is 10.2 Å². The van der Waals surface area contributed by atoms with E-state index in [9.17, 15) is 4.79 Å². The first-order valence-corrected chi connectivity index (χ1v) is 9.12. The Kier molecular flexibility index (Phi) is 6.06. The standard InChI is InChI=1S/C19H26N4O2.HI/c1-20-18(22-9-6-19(13-22)7-11-25-14-19)21-8-10-23-16-5-3-2-4-15(16)12-17(23)24;/h2-5H,6-14H2,1H3,(H,20,21);1H. The Labute approximate surface area is 172 Å². The quantitative estimate of drug-likeness (QED) is 0.417. The number of hydrogen-bond donors (Lipinski definition) is 1. The van der Waals surface area contributed by atoms with Gasteiger partial charge in [0.05, 0.1) is 13.0 Å². The summed E-state index contributed by atoms with van der Waals surface area (Å²) in [5.41, 5.74) is 2.49. The summed E-state index contributed by atoms with van der Waals surface area (Å²) in [5.74, 6) is 1.12. The van der Waals surface area contributed by atoms with Crippen molar-refractivity contribution < 1.29 is 9.53 Å². The van der Waals surface area contributed by atoms with E-state index in [0.29, 0.717) is 24.9 Å². The number of amides is 1. The van der Waals surface area contributed by atoms with Gasteiger partial charge in [0.1, 0.15) is 0 Å². The van der Waals surface area contributed by atoms with Gasteiger partial charge in [0.25, 0.3) is 0 Å². The number of ether oxygens (including phenoxy) is 1. The van der Waals surface area contributed by atoms with E-state index in [2.05, 4.69) is 15.2 Å². The molecule has 142 valence electrons. The molecular formula is C19H27IN4O2. The van der Waals surface area contributed by atoms with Crippen LogP contribution in [0.1, 0.15) is 18.4 Å². The number of rotatable bonds is 3. The van der Waals surface area contributed by atoms with E-state index in [0.717, 1.165) is 49.9 Å². The number of guanidine groups is 1. The number of halogens is 1. The summed E-state index contributed by atoms with van der Waals surface area (Å²) in [5, 5.41) is 3.44. The molecule has 3 aliphatic heterocycles. The van der Waals surface area contributed by atoms with Crippen LogP contribution in [0.4, 0.5) is 5.69 Å². The van der Waals surface area contributed by atoms with Gasteiger partial charge >= 0.3 is 0 Å². The van der Waals surface area contributed by atoms with Crippen LogP contribution >= 0.6 is 24.0 Å². The number of para-hydroxylation sites is 1. The topological polar surface area (TPSA) is 57.2 Å². The van der Waals surface area contributed by atoms with Gasteiger partial charge < -0.3 is 19.9 Å². The fourth-order valence-electron chi connectivity index (χ4n) is 4.26. The average Bonchev–Trinajstić information content (AvgIpc) is 3.33. The van der Waals surface area contributed by atoms with Crippen molar-refractivity contribution in [3.05, 3.63) is 29.8 Å². The molecule has 4 rings (SSSR count). The largest absolute Gasteiger partial charge is 0.381 e. The lowest BCUT2D eigenvalue weighted by Gasteiger charge is -2.25. The van der Waals surface area contributed by atoms with Gasteiger partial charge in [-0.2, -0.15) is 0 Å². The first-order valence-electron chi connectivity index (χ1n) is 9.12. The van der Waals surface area contributed by atoms with Gasteiger partial charge in [-0.15, -0.1) is 24.0 Å². The van der Waals surface area contributed by atoms with Crippen LogP contribution in [-0.2, 0) is 16.0 Å². The third-order valence-corrected chi connectivity index (χ3v) is 5.68. The SMILES string of the molecule is CN=C(NCCN1C(=O)Cc2ccccc21)N1CCC2(CCOC2)C1.I. The number of fused-ring (bicyclic) bond motifs is 1. The highest BCUT2D eigenvalue weighted by molar-refractivity contribution is 14.0. The number of benzene rings is 1. The average molecular weight is 470 g/mol. The fourth-order valence-corrected chi connectivity index (χ4v) is 4.26. The van der Waals surface area contributed by atoms with Crippen LogP contribution in [0.3, 0.4) is 0 Å². The van der Waals surface area contributed by atoms with Crippen molar-refractivity contribution in [2.24, 2.45) is 10.4 Å². The molecule has 3 heterocycles. The van der Waals surface area contributed by atoms with Crippen molar-refractivity contribution in [3.63, 3.8) is 0 Å². The molecule has 2 fully saturated rings. The maximum Gasteiger partial charge on any atom is 0.231 e. The molecule has 0 radical (unpaired) electrons. The van der Waals surface area contributed by atoms with Crippen LogP contribution < -0.4 is 10.2 Å². The minimum absolute atomic E-state index is 0. The minimum atomic E-state index is 0. The predicted octanol–water partition coefficient (Wildman–Crippen LogP) is 1.88. The van der Waals surface area contributed by atoms with E-state index in [1.807, 2.05) is 36.2 Å². The van der Waals surface area contributed by atoms with Crippen LogP contribution in [0.25, 0.3) is 0 Å². The molecule has 1 N–H and O–H groups in total. The summed E-state index contributed by atoms with van der Waals surface area (Å²) in [6.07, 6.45) is 2.84. The second-order valence-electron chi connectivity index (χ2n) is 7.30. The molecule has 1 unspecified atom stereocenters. The van der Waals surface area contributed by atoms with Gasteiger partial charge in [-0.05, 0) is 24.5 Å². The third-order valence-electron chi connectivity index (χ3n) is 5.68.